The van der Waals surface area contributed by atoms with Crippen LogP contribution in [0.5, 0.6) is 5.75 Å². The number of rotatable bonds is 23. The second kappa shape index (κ2) is 18.6. The number of unbranched alkanes of at least 4 members (excludes halogenated alkanes) is 1. The number of aliphatic carboxylic acids is 3. The molecule has 0 radical (unpaired) electrons. The Bertz CT molecular complexity index is 1210. The van der Waals surface area contributed by atoms with Gasteiger partial charge in [0.1, 0.15) is 18.1 Å². The van der Waals surface area contributed by atoms with Gasteiger partial charge in [0.15, 0.2) is 0 Å². The van der Waals surface area contributed by atoms with Gasteiger partial charge < -0.3 is 29.9 Å². The summed E-state index contributed by atoms with van der Waals surface area (Å²) in [6, 6.07) is 6.70. The molecule has 44 heavy (non-hydrogen) atoms. The van der Waals surface area contributed by atoms with Crippen LogP contribution in [0.1, 0.15) is 64.1 Å². The summed E-state index contributed by atoms with van der Waals surface area (Å²) >= 11 is -2.14. The molecule has 1 atom stereocenters. The third kappa shape index (κ3) is 14.0. The van der Waals surface area contributed by atoms with Crippen LogP contribution in [-0.4, -0.2) is 87.6 Å². The summed E-state index contributed by atoms with van der Waals surface area (Å²) in [5.41, 5.74) is -0.801. The van der Waals surface area contributed by atoms with Crippen LogP contribution in [-0.2, 0) is 43.5 Å². The van der Waals surface area contributed by atoms with E-state index in [1.54, 1.807) is 41.2 Å². The topological polar surface area (TPSA) is 221 Å². The Hall–Kier alpha value is -4.02. The molecule has 1 heterocycles. The lowest BCUT2D eigenvalue weighted by Crippen LogP contribution is -2.50. The van der Waals surface area contributed by atoms with E-state index in [0.29, 0.717) is 30.4 Å². The van der Waals surface area contributed by atoms with Crippen molar-refractivity contribution in [2.75, 3.05) is 24.4 Å². The fourth-order valence-electron chi connectivity index (χ4n) is 4.62. The van der Waals surface area contributed by atoms with Crippen LogP contribution in [0.25, 0.3) is 0 Å². The van der Waals surface area contributed by atoms with E-state index in [0.717, 1.165) is 25.9 Å². The number of imidazole rings is 1. The number of aromatic nitrogens is 2. The highest BCUT2D eigenvalue weighted by atomic mass is 32.2. The molecule has 0 saturated heterocycles. The lowest BCUT2D eigenvalue weighted by atomic mass is 9.83. The molecule has 1 aromatic heterocycles. The van der Waals surface area contributed by atoms with Gasteiger partial charge in [-0.3, -0.25) is 33.4 Å². The van der Waals surface area contributed by atoms with E-state index in [2.05, 4.69) is 19.9 Å². The van der Waals surface area contributed by atoms with Crippen molar-refractivity contribution in [2.24, 2.45) is 0 Å². The summed E-state index contributed by atoms with van der Waals surface area (Å²) in [7, 11) is 0. The molecule has 1 unspecified atom stereocenters. The Morgan fingerprint density at radius 2 is 1.57 bits per heavy atom. The first kappa shape index (κ1) is 36.2. The number of amides is 1. The zero-order valence-electron chi connectivity index (χ0n) is 24.6. The summed E-state index contributed by atoms with van der Waals surface area (Å²) in [6.07, 6.45) is 3.43. The minimum absolute atomic E-state index is 0.104. The van der Waals surface area contributed by atoms with E-state index in [-0.39, 0.29) is 45.1 Å². The lowest BCUT2D eigenvalue weighted by molar-refractivity contribution is -0.139. The number of carbonyl (C=O) groups is 4. The van der Waals surface area contributed by atoms with Crippen LogP contribution in [0.15, 0.2) is 36.7 Å². The average Bonchev–Trinajstić information content (AvgIpc) is 3.39. The highest BCUT2D eigenvalue weighted by molar-refractivity contribution is 7.80. The van der Waals surface area contributed by atoms with Gasteiger partial charge in [-0.15, -0.1) is 0 Å². The van der Waals surface area contributed by atoms with Crippen LogP contribution >= 0.6 is 0 Å². The molecule has 244 valence electrons. The van der Waals surface area contributed by atoms with Gasteiger partial charge >= 0.3 is 17.9 Å². The van der Waals surface area contributed by atoms with Gasteiger partial charge in [0.05, 0.1) is 13.2 Å². The maximum Gasteiger partial charge on any atom is 0.303 e. The first-order valence-electron chi connectivity index (χ1n) is 14.2. The normalized spacial score (nSPS) is 12.1. The number of anilines is 1. The maximum atomic E-state index is 13.1. The Morgan fingerprint density at radius 1 is 0.977 bits per heavy atom. The largest absolute Gasteiger partial charge is 0.494 e. The van der Waals surface area contributed by atoms with Crippen molar-refractivity contribution in [3.05, 3.63) is 42.5 Å². The summed E-state index contributed by atoms with van der Waals surface area (Å²) in [4.78, 5) is 53.5. The SMILES string of the molecule is CCN(CCCCOc1ccc(NS(=O)O)cc1)Cc1nccn1CC(=O)NC(CCC(=O)O)(CCC(=O)O)CCC(=O)O. The Morgan fingerprint density at radius 3 is 2.09 bits per heavy atom. The van der Waals surface area contributed by atoms with Crippen molar-refractivity contribution in [3.63, 3.8) is 0 Å². The fourth-order valence-corrected chi connectivity index (χ4v) is 4.96. The summed E-state index contributed by atoms with van der Waals surface area (Å²) < 4.78 is 29.4. The van der Waals surface area contributed by atoms with E-state index in [1.807, 2.05) is 6.92 Å². The van der Waals surface area contributed by atoms with Crippen molar-refractivity contribution < 1.29 is 48.0 Å². The van der Waals surface area contributed by atoms with E-state index >= 15 is 0 Å². The number of ether oxygens (including phenoxy) is 1. The quantitative estimate of drug-likeness (QED) is 0.0763. The molecule has 2 rings (SSSR count). The number of nitrogens with zero attached hydrogens (tertiary/aromatic N) is 3. The molecular formula is C28H41N5O10S. The zero-order valence-corrected chi connectivity index (χ0v) is 25.5. The van der Waals surface area contributed by atoms with Gasteiger partial charge in [0, 0.05) is 42.9 Å². The van der Waals surface area contributed by atoms with Gasteiger partial charge in [-0.25, -0.2) is 9.19 Å². The number of hydrogen-bond donors (Lipinski definition) is 6. The standard InChI is InChI=1S/C28H41N5O10S/c1-2-32(16-3-4-18-43-22-7-5-21(6-8-22)31-44(41)42)19-23-29-15-17-33(23)20-24(34)30-28(12-9-25(35)36,13-10-26(37)38)14-11-27(39)40/h5-8,15,17,31H,2-4,9-14,16,18-20H2,1H3,(H,30,34)(H,35,36)(H,37,38)(H,39,40)(H,41,42). The maximum absolute atomic E-state index is 13.1. The minimum Gasteiger partial charge on any atom is -0.494 e. The monoisotopic (exact) mass is 639 g/mol. The molecule has 1 amide bonds. The van der Waals surface area contributed by atoms with Gasteiger partial charge in [-0.1, -0.05) is 6.92 Å². The lowest BCUT2D eigenvalue weighted by Gasteiger charge is -2.34. The number of benzene rings is 1. The van der Waals surface area contributed by atoms with Crippen LogP contribution in [0.3, 0.4) is 0 Å². The van der Waals surface area contributed by atoms with Crippen molar-refractivity contribution in [1.29, 1.82) is 0 Å². The zero-order chi connectivity index (χ0) is 32.5. The molecule has 0 fully saturated rings. The van der Waals surface area contributed by atoms with Crippen molar-refractivity contribution in [3.8, 4) is 5.75 Å². The smallest absolute Gasteiger partial charge is 0.303 e. The van der Waals surface area contributed by atoms with Crippen molar-refractivity contribution in [2.45, 2.75) is 76.9 Å². The summed E-state index contributed by atoms with van der Waals surface area (Å²) in [6.45, 7) is 4.26. The molecule has 0 aliphatic carbocycles. The first-order valence-corrected chi connectivity index (χ1v) is 15.3. The van der Waals surface area contributed by atoms with E-state index in [1.165, 1.54) is 0 Å². The van der Waals surface area contributed by atoms with Crippen molar-refractivity contribution >= 4 is 40.8 Å². The van der Waals surface area contributed by atoms with Crippen molar-refractivity contribution in [1.82, 2.24) is 19.8 Å². The Labute approximate surface area is 258 Å². The number of carbonyl (C=O) groups excluding carboxylic acids is 1. The molecular weight excluding hydrogens is 598 g/mol. The Balaban J connectivity index is 1.93. The molecule has 1 aromatic carbocycles. The second-order valence-electron chi connectivity index (χ2n) is 10.3. The van der Waals surface area contributed by atoms with E-state index < -0.39 is 40.6 Å². The molecule has 15 nitrogen and oxygen atoms in total. The molecule has 6 N–H and O–H groups in total. The van der Waals surface area contributed by atoms with Crippen LogP contribution < -0.4 is 14.8 Å². The molecule has 0 bridgehead atoms. The third-order valence-electron chi connectivity index (χ3n) is 6.98. The summed E-state index contributed by atoms with van der Waals surface area (Å²) in [5, 5.41) is 30.4. The predicted octanol–water partition coefficient (Wildman–Crippen LogP) is 2.56. The van der Waals surface area contributed by atoms with Crippen LogP contribution in [0.2, 0.25) is 0 Å². The highest BCUT2D eigenvalue weighted by Crippen LogP contribution is 2.26. The number of hydrogen-bond acceptors (Lipinski definition) is 8. The van der Waals surface area contributed by atoms with Gasteiger partial charge in [0.2, 0.25) is 5.91 Å². The summed E-state index contributed by atoms with van der Waals surface area (Å²) in [5.74, 6) is -2.64. The number of carboxylic acid groups (broad SMARTS) is 3. The molecule has 16 heteroatoms. The van der Waals surface area contributed by atoms with Crippen LogP contribution in [0, 0.1) is 0 Å². The minimum atomic E-state index is -2.14. The molecule has 0 aliphatic rings. The van der Waals surface area contributed by atoms with Gasteiger partial charge in [-0.2, -0.15) is 0 Å². The highest BCUT2D eigenvalue weighted by Gasteiger charge is 2.33. The van der Waals surface area contributed by atoms with Gasteiger partial charge in [0.25, 0.3) is 11.3 Å². The first-order chi connectivity index (χ1) is 20.9. The third-order valence-corrected chi connectivity index (χ3v) is 7.39. The number of carboxylic acids is 3. The van der Waals surface area contributed by atoms with Crippen LogP contribution in [0.4, 0.5) is 5.69 Å². The Kier molecular flexibility index (Phi) is 15.3. The van der Waals surface area contributed by atoms with E-state index in [4.69, 9.17) is 9.29 Å². The fraction of sp³-hybridized carbons (Fsp3) is 0.536. The van der Waals surface area contributed by atoms with E-state index in [9.17, 15) is 38.7 Å². The predicted molar refractivity (Wildman–Crippen MR) is 160 cm³/mol. The average molecular weight is 640 g/mol. The second-order valence-corrected chi connectivity index (χ2v) is 11.0. The number of nitrogens with one attached hydrogen (secondary N) is 2. The molecule has 0 saturated carbocycles. The molecule has 0 aliphatic heterocycles. The molecule has 2 aromatic rings. The van der Waals surface area contributed by atoms with Gasteiger partial charge in [-0.05, 0) is 69.5 Å². The molecule has 0 spiro atoms.